The minimum Gasteiger partial charge on any atom is -0.476 e. The van der Waals surface area contributed by atoms with Crippen molar-refractivity contribution in [2.24, 2.45) is 11.3 Å². The molecule has 322 valence electrons. The van der Waals surface area contributed by atoms with E-state index in [-0.39, 0.29) is 38.4 Å². The molecule has 1 aliphatic heterocycles. The van der Waals surface area contributed by atoms with Crippen LogP contribution in [0.25, 0.3) is 16.6 Å². The van der Waals surface area contributed by atoms with Gasteiger partial charge in [0.05, 0.1) is 30.2 Å². The first-order chi connectivity index (χ1) is 29.1. The summed E-state index contributed by atoms with van der Waals surface area (Å²) in [7, 11) is -4.41. The molecule has 5 aromatic rings. The van der Waals surface area contributed by atoms with Gasteiger partial charge < -0.3 is 24.5 Å². The van der Waals surface area contributed by atoms with E-state index in [0.717, 1.165) is 87.1 Å². The third-order valence-corrected chi connectivity index (χ3v) is 14.1. The van der Waals surface area contributed by atoms with Gasteiger partial charge in [-0.15, -0.1) is 0 Å². The molecule has 1 amide bonds. The molecule has 0 spiro atoms. The number of piperazine rings is 1. The van der Waals surface area contributed by atoms with Crippen molar-refractivity contribution in [3.8, 4) is 17.4 Å². The summed E-state index contributed by atoms with van der Waals surface area (Å²) in [6.45, 7) is 11.0. The number of carbonyl (C=O) groups excluding carboxylic acids is 1. The predicted molar refractivity (Wildman–Crippen MR) is 239 cm³/mol. The molecule has 61 heavy (non-hydrogen) atoms. The number of nitrogens with zero attached hydrogens (tertiary/aromatic N) is 4. The van der Waals surface area contributed by atoms with Gasteiger partial charge in [0.1, 0.15) is 27.1 Å². The Bertz CT molecular complexity index is 2540. The van der Waals surface area contributed by atoms with Crippen LogP contribution in [0.1, 0.15) is 81.6 Å². The van der Waals surface area contributed by atoms with E-state index < -0.39 is 21.5 Å². The van der Waals surface area contributed by atoms with Gasteiger partial charge in [-0.25, -0.2) is 23.1 Å². The molecule has 2 fully saturated rings. The fraction of sp³-hybridized carbons (Fsp3) is 0.413. The van der Waals surface area contributed by atoms with Crippen molar-refractivity contribution in [1.29, 1.82) is 0 Å². The fourth-order valence-electron chi connectivity index (χ4n) is 8.54. The standard InChI is InChI=1S/C46H52Cl2N6O6S/c1-45(2)14-12-33(39(25-45)31-4-6-34(47)7-5-31)28-53-18-20-54(21-19-53)35-8-9-38(41(23-35)60-36-22-32-13-17-49-42(32)50-26-36)43(55)52-61(57,58)37-24-40(48)44(51-27-37)59-29-30-10-15-46(3,56)16-11-30/h4-9,13,17,22-24,26-27,30,56H,10-12,14-16,18-21,25,28-29H2,1-3H3,(H,49,50)(H,52,55)/t30-,46-. The maximum absolute atomic E-state index is 13.9. The van der Waals surface area contributed by atoms with Crippen LogP contribution in [0.3, 0.4) is 0 Å². The highest BCUT2D eigenvalue weighted by molar-refractivity contribution is 7.90. The number of amides is 1. The summed E-state index contributed by atoms with van der Waals surface area (Å²) in [6, 6.07) is 18.3. The summed E-state index contributed by atoms with van der Waals surface area (Å²) >= 11 is 12.7. The molecule has 1 saturated heterocycles. The van der Waals surface area contributed by atoms with Crippen LogP contribution in [0.5, 0.6) is 17.4 Å². The Morgan fingerprint density at radius 1 is 0.951 bits per heavy atom. The third-order valence-electron chi connectivity index (χ3n) is 12.3. The average molecular weight is 888 g/mol. The molecule has 3 N–H and O–H groups in total. The quantitative estimate of drug-likeness (QED) is 0.111. The number of allylic oxidation sites excluding steroid dienone is 1. The molecule has 0 atom stereocenters. The molecule has 2 aromatic carbocycles. The predicted octanol–water partition coefficient (Wildman–Crippen LogP) is 9.28. The number of aliphatic hydroxyl groups is 1. The lowest BCUT2D eigenvalue weighted by molar-refractivity contribution is 0.00127. The molecule has 12 nitrogen and oxygen atoms in total. The molecule has 3 aromatic heterocycles. The van der Waals surface area contributed by atoms with Crippen LogP contribution in [0.2, 0.25) is 10.0 Å². The normalized spacial score (nSPS) is 21.1. The summed E-state index contributed by atoms with van der Waals surface area (Å²) in [5.41, 5.74) is 5.27. The number of halogens is 2. The number of hydrogen-bond donors (Lipinski definition) is 3. The van der Waals surface area contributed by atoms with Crippen LogP contribution in [0, 0.1) is 11.3 Å². The zero-order valence-electron chi connectivity index (χ0n) is 34.7. The minimum absolute atomic E-state index is 0.000613. The van der Waals surface area contributed by atoms with Gasteiger partial charge in [-0.1, -0.05) is 54.8 Å². The lowest BCUT2D eigenvalue weighted by Crippen LogP contribution is -2.47. The van der Waals surface area contributed by atoms with E-state index >= 15 is 0 Å². The number of fused-ring (bicyclic) bond motifs is 1. The molecular formula is C46H52Cl2N6O6S. The lowest BCUT2D eigenvalue weighted by Gasteiger charge is -2.39. The van der Waals surface area contributed by atoms with E-state index in [0.29, 0.717) is 30.8 Å². The van der Waals surface area contributed by atoms with E-state index in [4.69, 9.17) is 32.7 Å². The number of aromatic amines is 1. The maximum atomic E-state index is 13.9. The molecular weight excluding hydrogens is 836 g/mol. The highest BCUT2D eigenvalue weighted by Crippen LogP contribution is 2.43. The first-order valence-corrected chi connectivity index (χ1v) is 23.1. The molecule has 3 aliphatic rings. The van der Waals surface area contributed by atoms with Gasteiger partial charge >= 0.3 is 0 Å². The van der Waals surface area contributed by atoms with Gasteiger partial charge in [-0.2, -0.15) is 0 Å². The third kappa shape index (κ3) is 10.3. The maximum Gasteiger partial charge on any atom is 0.268 e. The monoisotopic (exact) mass is 886 g/mol. The van der Waals surface area contributed by atoms with Gasteiger partial charge in [-0.05, 0) is 117 Å². The van der Waals surface area contributed by atoms with Crippen molar-refractivity contribution < 1.29 is 27.8 Å². The Kier molecular flexibility index (Phi) is 12.4. The molecule has 2 aliphatic carbocycles. The number of carbonyl (C=O) groups is 1. The number of nitrogens with one attached hydrogen (secondary N) is 2. The van der Waals surface area contributed by atoms with Crippen LogP contribution in [0.15, 0.2) is 89.7 Å². The summed E-state index contributed by atoms with van der Waals surface area (Å²) in [5, 5.41) is 11.8. The molecule has 0 radical (unpaired) electrons. The van der Waals surface area contributed by atoms with Gasteiger partial charge in [0.25, 0.3) is 15.9 Å². The highest BCUT2D eigenvalue weighted by Gasteiger charge is 2.31. The van der Waals surface area contributed by atoms with E-state index in [9.17, 15) is 18.3 Å². The molecule has 4 heterocycles. The summed E-state index contributed by atoms with van der Waals surface area (Å²) in [5.74, 6) is 0.00258. The van der Waals surface area contributed by atoms with Crippen molar-refractivity contribution in [3.05, 3.63) is 106 Å². The van der Waals surface area contributed by atoms with E-state index in [1.165, 1.54) is 22.8 Å². The number of aromatic nitrogens is 3. The van der Waals surface area contributed by atoms with Crippen molar-refractivity contribution in [2.45, 2.75) is 76.2 Å². The number of rotatable bonds is 12. The number of hydrogen-bond acceptors (Lipinski definition) is 10. The largest absolute Gasteiger partial charge is 0.476 e. The highest BCUT2D eigenvalue weighted by atomic mass is 35.5. The minimum atomic E-state index is -4.41. The SMILES string of the molecule is CC1(C)CCC(CN2CCN(c3ccc(C(=O)NS(=O)(=O)c4cnc(OC[C@H]5CC[C@](C)(O)CC5)c(Cl)c4)c(Oc4cnc5[nH]ccc5c4)c3)CC2)=C(c2ccc(Cl)cc2)C1. The van der Waals surface area contributed by atoms with Crippen molar-refractivity contribution >= 4 is 61.4 Å². The molecule has 8 rings (SSSR count). The number of ether oxygens (including phenoxy) is 2. The Labute approximate surface area is 367 Å². The molecule has 0 unspecified atom stereocenters. The molecule has 0 bridgehead atoms. The fourth-order valence-corrected chi connectivity index (χ4v) is 9.89. The first kappa shape index (κ1) is 43.0. The van der Waals surface area contributed by atoms with Crippen LogP contribution in [-0.4, -0.2) is 84.2 Å². The number of pyridine rings is 2. The smallest absolute Gasteiger partial charge is 0.268 e. The van der Waals surface area contributed by atoms with Crippen molar-refractivity contribution in [1.82, 2.24) is 24.6 Å². The van der Waals surface area contributed by atoms with E-state index in [1.54, 1.807) is 30.6 Å². The van der Waals surface area contributed by atoms with Gasteiger partial charge in [-0.3, -0.25) is 9.69 Å². The van der Waals surface area contributed by atoms with Gasteiger partial charge in [0, 0.05) is 61.1 Å². The van der Waals surface area contributed by atoms with E-state index in [1.807, 2.05) is 31.2 Å². The number of H-pyrrole nitrogens is 1. The second kappa shape index (κ2) is 17.6. The Balaban J connectivity index is 0.974. The zero-order chi connectivity index (χ0) is 42.9. The second-order valence-electron chi connectivity index (χ2n) is 17.7. The Hall–Kier alpha value is -4.66. The topological polar surface area (TPSA) is 150 Å². The van der Waals surface area contributed by atoms with Crippen LogP contribution in [-0.2, 0) is 10.0 Å². The summed E-state index contributed by atoms with van der Waals surface area (Å²) in [4.78, 5) is 30.0. The average Bonchev–Trinajstić information content (AvgIpc) is 3.70. The van der Waals surface area contributed by atoms with Crippen molar-refractivity contribution in [2.75, 3.05) is 44.2 Å². The van der Waals surface area contributed by atoms with E-state index in [2.05, 4.69) is 55.5 Å². The summed E-state index contributed by atoms with van der Waals surface area (Å²) < 4.78 is 41.6. The van der Waals surface area contributed by atoms with Gasteiger partial charge in [0.2, 0.25) is 5.88 Å². The Morgan fingerprint density at radius 3 is 2.44 bits per heavy atom. The molecule has 15 heteroatoms. The Morgan fingerprint density at radius 2 is 1.70 bits per heavy atom. The van der Waals surface area contributed by atoms with Crippen LogP contribution < -0.4 is 19.1 Å². The van der Waals surface area contributed by atoms with Crippen LogP contribution in [0.4, 0.5) is 5.69 Å². The number of benzene rings is 2. The molecule has 1 saturated carbocycles. The lowest BCUT2D eigenvalue weighted by atomic mass is 9.72. The second-order valence-corrected chi connectivity index (χ2v) is 20.2. The van der Waals surface area contributed by atoms with Gasteiger partial charge in [0.15, 0.2) is 0 Å². The summed E-state index contributed by atoms with van der Waals surface area (Å²) in [6.07, 6.45) is 10.6. The number of sulfonamides is 1. The first-order valence-electron chi connectivity index (χ1n) is 20.9. The van der Waals surface area contributed by atoms with Crippen LogP contribution >= 0.6 is 23.2 Å². The zero-order valence-corrected chi connectivity index (χ0v) is 37.0. The number of anilines is 1. The van der Waals surface area contributed by atoms with Crippen molar-refractivity contribution in [3.63, 3.8) is 0 Å².